The Kier molecular flexibility index (Phi) is 6.12. The minimum Gasteiger partial charge on any atom is -0.497 e. The largest absolute Gasteiger partial charge is 0.497 e. The second kappa shape index (κ2) is 8.92. The average Bonchev–Trinajstić information content (AvgIpc) is 3.64. The molecule has 2 saturated heterocycles. The van der Waals surface area contributed by atoms with E-state index in [1.165, 1.54) is 0 Å². The molecule has 0 aliphatic carbocycles. The van der Waals surface area contributed by atoms with Crippen LogP contribution < -0.4 is 9.47 Å². The third kappa shape index (κ3) is 5.02. The van der Waals surface area contributed by atoms with Crippen molar-refractivity contribution in [1.82, 2.24) is 0 Å². The predicted molar refractivity (Wildman–Crippen MR) is 103 cm³/mol. The standard InChI is InChI=1S/C22H26O6/c1-23-17-7-3-15(4-8-17)11-27-21(19-13-25-19)22(20-14-26-20)28-12-16-5-9-18(24-2)10-6-16/h3-10,19-22H,11-14H2,1-2H3/t19-,20-,21-,22-/m1/s1. The number of methoxy groups -OCH3 is 2. The van der Waals surface area contributed by atoms with Crippen LogP contribution in [0.5, 0.6) is 11.5 Å². The van der Waals surface area contributed by atoms with E-state index < -0.39 is 0 Å². The van der Waals surface area contributed by atoms with Crippen molar-refractivity contribution in [3.05, 3.63) is 59.7 Å². The van der Waals surface area contributed by atoms with E-state index in [-0.39, 0.29) is 24.4 Å². The van der Waals surface area contributed by atoms with Crippen molar-refractivity contribution in [2.45, 2.75) is 37.6 Å². The molecule has 6 nitrogen and oxygen atoms in total. The molecule has 28 heavy (non-hydrogen) atoms. The van der Waals surface area contributed by atoms with Crippen LogP contribution in [-0.2, 0) is 32.2 Å². The lowest BCUT2D eigenvalue weighted by atomic mass is 10.1. The number of epoxide rings is 2. The fourth-order valence-electron chi connectivity index (χ4n) is 3.15. The van der Waals surface area contributed by atoms with Crippen LogP contribution >= 0.6 is 0 Å². The van der Waals surface area contributed by atoms with E-state index in [0.717, 1.165) is 22.6 Å². The second-order valence-corrected chi connectivity index (χ2v) is 6.99. The molecular weight excluding hydrogens is 360 g/mol. The molecule has 0 unspecified atom stereocenters. The summed E-state index contributed by atoms with van der Waals surface area (Å²) >= 11 is 0. The Balaban J connectivity index is 1.37. The number of hydrogen-bond acceptors (Lipinski definition) is 6. The molecule has 4 rings (SSSR count). The zero-order valence-corrected chi connectivity index (χ0v) is 16.2. The van der Waals surface area contributed by atoms with Crippen molar-refractivity contribution in [2.75, 3.05) is 27.4 Å². The third-order valence-electron chi connectivity index (χ3n) is 4.98. The van der Waals surface area contributed by atoms with Crippen molar-refractivity contribution in [1.29, 1.82) is 0 Å². The quantitative estimate of drug-likeness (QED) is 0.554. The summed E-state index contributed by atoms with van der Waals surface area (Å²) in [6, 6.07) is 15.8. The van der Waals surface area contributed by atoms with Crippen molar-refractivity contribution >= 4 is 0 Å². The van der Waals surface area contributed by atoms with Gasteiger partial charge in [-0.05, 0) is 35.4 Å². The normalized spacial score (nSPS) is 22.4. The zero-order valence-electron chi connectivity index (χ0n) is 16.2. The number of ether oxygens (including phenoxy) is 6. The first-order valence-electron chi connectivity index (χ1n) is 9.49. The monoisotopic (exact) mass is 386 g/mol. The van der Waals surface area contributed by atoms with Gasteiger partial charge < -0.3 is 28.4 Å². The molecule has 0 amide bonds. The minimum absolute atomic E-state index is 0.0586. The predicted octanol–water partition coefficient (Wildman–Crippen LogP) is 2.97. The summed E-state index contributed by atoms with van der Waals surface area (Å²) in [7, 11) is 3.32. The summed E-state index contributed by atoms with van der Waals surface area (Å²) in [5.74, 6) is 1.66. The highest BCUT2D eigenvalue weighted by Crippen LogP contribution is 2.30. The molecule has 0 bridgehead atoms. The van der Waals surface area contributed by atoms with Gasteiger partial charge >= 0.3 is 0 Å². The Bertz CT molecular complexity index is 671. The van der Waals surface area contributed by atoms with Crippen molar-refractivity contribution < 1.29 is 28.4 Å². The molecule has 2 aliphatic heterocycles. The van der Waals surface area contributed by atoms with Gasteiger partial charge in [-0.25, -0.2) is 0 Å². The molecule has 0 aromatic heterocycles. The van der Waals surface area contributed by atoms with Gasteiger partial charge in [-0.3, -0.25) is 0 Å². The van der Waals surface area contributed by atoms with Crippen LogP contribution in [-0.4, -0.2) is 51.8 Å². The van der Waals surface area contributed by atoms with Crippen LogP contribution in [0.1, 0.15) is 11.1 Å². The van der Waals surface area contributed by atoms with Crippen molar-refractivity contribution in [3.8, 4) is 11.5 Å². The second-order valence-electron chi connectivity index (χ2n) is 6.99. The lowest BCUT2D eigenvalue weighted by Gasteiger charge is -2.25. The van der Waals surface area contributed by atoms with E-state index in [9.17, 15) is 0 Å². The van der Waals surface area contributed by atoms with Crippen LogP contribution in [0.4, 0.5) is 0 Å². The molecular formula is C22H26O6. The fourth-order valence-corrected chi connectivity index (χ4v) is 3.15. The molecule has 2 fully saturated rings. The highest BCUT2D eigenvalue weighted by atomic mass is 16.6. The van der Waals surface area contributed by atoms with Crippen LogP contribution in [0.25, 0.3) is 0 Å². The minimum atomic E-state index is -0.159. The maximum Gasteiger partial charge on any atom is 0.118 e. The summed E-state index contributed by atoms with van der Waals surface area (Å²) < 4.78 is 33.9. The molecule has 2 aliphatic rings. The van der Waals surface area contributed by atoms with Gasteiger partial charge in [0.15, 0.2) is 0 Å². The third-order valence-corrected chi connectivity index (χ3v) is 4.98. The topological polar surface area (TPSA) is 62.0 Å². The first-order valence-corrected chi connectivity index (χ1v) is 9.49. The molecule has 0 spiro atoms. The Morgan fingerprint density at radius 1 is 0.714 bits per heavy atom. The summed E-state index contributed by atoms with van der Waals surface area (Å²) in [5.41, 5.74) is 2.16. The Morgan fingerprint density at radius 3 is 1.36 bits per heavy atom. The van der Waals surface area contributed by atoms with E-state index in [0.29, 0.717) is 26.4 Å². The fraction of sp³-hybridized carbons (Fsp3) is 0.455. The smallest absolute Gasteiger partial charge is 0.118 e. The lowest BCUT2D eigenvalue weighted by Crippen LogP contribution is -2.40. The van der Waals surface area contributed by atoms with E-state index in [1.54, 1.807) is 14.2 Å². The molecule has 2 aromatic rings. The number of hydrogen-bond donors (Lipinski definition) is 0. The molecule has 150 valence electrons. The van der Waals surface area contributed by atoms with Gasteiger partial charge in [0, 0.05) is 0 Å². The first-order chi connectivity index (χ1) is 13.8. The Hall–Kier alpha value is -2.12. The van der Waals surface area contributed by atoms with Crippen molar-refractivity contribution in [2.24, 2.45) is 0 Å². The summed E-state index contributed by atoms with van der Waals surface area (Å²) in [6.07, 6.45) is -0.202. The van der Waals surface area contributed by atoms with Crippen molar-refractivity contribution in [3.63, 3.8) is 0 Å². The molecule has 2 aromatic carbocycles. The highest BCUT2D eigenvalue weighted by Gasteiger charge is 2.47. The van der Waals surface area contributed by atoms with Gasteiger partial charge in [-0.15, -0.1) is 0 Å². The molecule has 0 saturated carbocycles. The SMILES string of the molecule is COc1ccc(CO[C@@H]([C@H](OCc2ccc(OC)cc2)[C@H]2CO2)[C@H]2CO2)cc1. The van der Waals surface area contributed by atoms with E-state index in [2.05, 4.69) is 0 Å². The average molecular weight is 386 g/mol. The zero-order chi connectivity index (χ0) is 19.3. The summed E-state index contributed by atoms with van der Waals surface area (Å²) in [4.78, 5) is 0. The first kappa shape index (κ1) is 19.2. The van der Waals surface area contributed by atoms with Gasteiger partial charge in [0.1, 0.15) is 35.9 Å². The van der Waals surface area contributed by atoms with Crippen LogP contribution in [0.2, 0.25) is 0 Å². The van der Waals surface area contributed by atoms with Crippen LogP contribution in [0.3, 0.4) is 0 Å². The maximum atomic E-state index is 6.22. The lowest BCUT2D eigenvalue weighted by molar-refractivity contribution is -0.104. The van der Waals surface area contributed by atoms with Gasteiger partial charge in [-0.2, -0.15) is 0 Å². The van der Waals surface area contributed by atoms with Crippen LogP contribution in [0.15, 0.2) is 48.5 Å². The van der Waals surface area contributed by atoms with Gasteiger partial charge in [-0.1, -0.05) is 24.3 Å². The summed E-state index contributed by atoms with van der Waals surface area (Å²) in [5, 5.41) is 0. The number of rotatable bonds is 11. The Morgan fingerprint density at radius 2 is 1.07 bits per heavy atom. The molecule has 4 atom stereocenters. The molecule has 2 heterocycles. The Labute approximate surface area is 165 Å². The molecule has 6 heteroatoms. The van der Waals surface area contributed by atoms with Gasteiger partial charge in [0.2, 0.25) is 0 Å². The van der Waals surface area contributed by atoms with Crippen LogP contribution in [0, 0.1) is 0 Å². The van der Waals surface area contributed by atoms with Gasteiger partial charge in [0.25, 0.3) is 0 Å². The maximum absolute atomic E-state index is 6.22. The summed E-state index contributed by atoms with van der Waals surface area (Å²) in [6.45, 7) is 2.37. The van der Waals surface area contributed by atoms with E-state index >= 15 is 0 Å². The molecule has 0 N–H and O–H groups in total. The highest BCUT2D eigenvalue weighted by molar-refractivity contribution is 5.27. The van der Waals surface area contributed by atoms with E-state index in [4.69, 9.17) is 28.4 Å². The van der Waals surface area contributed by atoms with Gasteiger partial charge in [0.05, 0.1) is 40.6 Å². The van der Waals surface area contributed by atoms with E-state index in [1.807, 2.05) is 48.5 Å². The number of benzene rings is 2. The molecule has 0 radical (unpaired) electrons.